The molecule has 106 valence electrons. The van der Waals surface area contributed by atoms with Crippen LogP contribution >= 0.6 is 15.9 Å². The van der Waals surface area contributed by atoms with Crippen molar-refractivity contribution in [1.29, 1.82) is 0 Å². The minimum atomic E-state index is -3.91. The van der Waals surface area contributed by atoms with Gasteiger partial charge in [-0.2, -0.15) is 4.31 Å². The summed E-state index contributed by atoms with van der Waals surface area (Å²) in [7, 11) is -2.50. The predicted octanol–water partition coefficient (Wildman–Crippen LogP) is 0.566. The van der Waals surface area contributed by atoms with E-state index in [0.29, 0.717) is 4.47 Å². The van der Waals surface area contributed by atoms with E-state index in [1.54, 1.807) is 0 Å². The summed E-state index contributed by atoms with van der Waals surface area (Å²) in [5.74, 6) is -1.23. The molecular formula is C10H13BrN2O5S. The molecule has 0 aliphatic rings. The first-order valence-corrected chi connectivity index (χ1v) is 7.42. The Hall–Kier alpha value is -1.03. The number of hydrogen-bond acceptors (Lipinski definition) is 5. The summed E-state index contributed by atoms with van der Waals surface area (Å²) >= 11 is 3.12. The largest absolute Gasteiger partial charge is 0.480 e. The minimum Gasteiger partial charge on any atom is -0.480 e. The first kappa shape index (κ1) is 16.0. The van der Waals surface area contributed by atoms with Crippen LogP contribution in [-0.4, -0.2) is 55.6 Å². The first-order chi connectivity index (χ1) is 8.87. The average Bonchev–Trinajstić information content (AvgIpc) is 2.34. The highest BCUT2D eigenvalue weighted by Gasteiger charge is 2.26. The third-order valence-corrected chi connectivity index (χ3v) is 4.42. The molecule has 0 saturated heterocycles. The van der Waals surface area contributed by atoms with Gasteiger partial charge in [0, 0.05) is 30.5 Å². The zero-order chi connectivity index (χ0) is 14.5. The molecule has 0 saturated carbocycles. The monoisotopic (exact) mass is 352 g/mol. The van der Waals surface area contributed by atoms with E-state index in [1.807, 2.05) is 0 Å². The lowest BCUT2D eigenvalue weighted by Gasteiger charge is -2.19. The number of rotatable bonds is 7. The summed E-state index contributed by atoms with van der Waals surface area (Å²) in [6.07, 6.45) is 2.61. The fourth-order valence-corrected chi connectivity index (χ4v) is 3.19. The van der Waals surface area contributed by atoms with Crippen molar-refractivity contribution in [2.24, 2.45) is 0 Å². The van der Waals surface area contributed by atoms with Crippen LogP contribution in [0.3, 0.4) is 0 Å². The molecule has 0 aliphatic carbocycles. The Labute approximate surface area is 119 Å². The minimum absolute atomic E-state index is 0.0440. The number of halogens is 1. The van der Waals surface area contributed by atoms with E-state index in [4.69, 9.17) is 9.84 Å². The third kappa shape index (κ3) is 4.53. The molecule has 0 amide bonds. The SMILES string of the molecule is COCCN(CC(=O)O)S(=O)(=O)c1cncc(Br)c1. The Morgan fingerprint density at radius 2 is 2.21 bits per heavy atom. The van der Waals surface area contributed by atoms with Crippen molar-refractivity contribution in [1.82, 2.24) is 9.29 Å². The topological polar surface area (TPSA) is 96.8 Å². The van der Waals surface area contributed by atoms with E-state index in [0.717, 1.165) is 4.31 Å². The van der Waals surface area contributed by atoms with Gasteiger partial charge in [0.15, 0.2) is 0 Å². The number of carboxylic acid groups (broad SMARTS) is 1. The molecule has 0 radical (unpaired) electrons. The molecule has 7 nitrogen and oxygen atoms in total. The van der Waals surface area contributed by atoms with E-state index < -0.39 is 22.5 Å². The van der Waals surface area contributed by atoms with Crippen LogP contribution in [0.4, 0.5) is 0 Å². The molecule has 0 unspecified atom stereocenters. The maximum Gasteiger partial charge on any atom is 0.318 e. The van der Waals surface area contributed by atoms with Crippen LogP contribution in [0.2, 0.25) is 0 Å². The van der Waals surface area contributed by atoms with Crippen molar-refractivity contribution in [3.05, 3.63) is 22.9 Å². The highest BCUT2D eigenvalue weighted by Crippen LogP contribution is 2.18. The lowest BCUT2D eigenvalue weighted by Crippen LogP contribution is -2.38. The summed E-state index contributed by atoms with van der Waals surface area (Å²) in [6.45, 7) is -0.566. The molecule has 19 heavy (non-hydrogen) atoms. The zero-order valence-corrected chi connectivity index (χ0v) is 12.5. The smallest absolute Gasteiger partial charge is 0.318 e. The summed E-state index contributed by atoms with van der Waals surface area (Å²) < 4.78 is 30.7. The number of aromatic nitrogens is 1. The lowest BCUT2D eigenvalue weighted by atomic mass is 10.5. The summed E-state index contributed by atoms with van der Waals surface area (Å²) in [5.41, 5.74) is 0. The Balaban J connectivity index is 3.07. The number of hydrogen-bond donors (Lipinski definition) is 1. The molecule has 1 N–H and O–H groups in total. The third-order valence-electron chi connectivity index (χ3n) is 2.17. The predicted molar refractivity (Wildman–Crippen MR) is 70.2 cm³/mol. The summed E-state index contributed by atoms with van der Waals surface area (Å²) in [5, 5.41) is 8.78. The molecule has 0 aliphatic heterocycles. The molecule has 9 heteroatoms. The second kappa shape index (κ2) is 6.94. The second-order valence-corrected chi connectivity index (χ2v) is 6.42. The van der Waals surface area contributed by atoms with Gasteiger partial charge in [-0.25, -0.2) is 8.42 Å². The molecular weight excluding hydrogens is 340 g/mol. The first-order valence-electron chi connectivity index (χ1n) is 5.19. The molecule has 0 aromatic carbocycles. The highest BCUT2D eigenvalue weighted by molar-refractivity contribution is 9.10. The molecule has 1 aromatic rings. The lowest BCUT2D eigenvalue weighted by molar-refractivity contribution is -0.137. The number of ether oxygens (including phenoxy) is 1. The zero-order valence-electron chi connectivity index (χ0n) is 10.1. The Morgan fingerprint density at radius 3 is 2.74 bits per heavy atom. The van der Waals surface area contributed by atoms with Crippen LogP contribution in [0, 0.1) is 0 Å². The van der Waals surface area contributed by atoms with Gasteiger partial charge in [-0.3, -0.25) is 9.78 Å². The summed E-state index contributed by atoms with van der Waals surface area (Å²) in [4.78, 5) is 14.4. The quantitative estimate of drug-likeness (QED) is 0.770. The van der Waals surface area contributed by atoms with Gasteiger partial charge < -0.3 is 9.84 Å². The normalized spacial score (nSPS) is 11.7. The van der Waals surface area contributed by atoms with Gasteiger partial charge in [0.05, 0.1) is 6.61 Å². The van der Waals surface area contributed by atoms with Gasteiger partial charge in [-0.05, 0) is 22.0 Å². The van der Waals surface area contributed by atoms with Crippen LogP contribution in [0.15, 0.2) is 27.8 Å². The van der Waals surface area contributed by atoms with Gasteiger partial charge in [-0.1, -0.05) is 0 Å². The second-order valence-electron chi connectivity index (χ2n) is 3.56. The molecule has 0 spiro atoms. The number of aliphatic carboxylic acids is 1. The fraction of sp³-hybridized carbons (Fsp3) is 0.400. The molecule has 1 heterocycles. The standard InChI is InChI=1S/C10H13BrN2O5S/c1-18-3-2-13(7-10(14)15)19(16,17)9-4-8(11)5-12-6-9/h4-6H,2-3,7H2,1H3,(H,14,15). The van der Waals surface area contributed by atoms with Crippen molar-refractivity contribution in [3.8, 4) is 0 Å². The molecule has 1 rings (SSSR count). The number of sulfonamides is 1. The van der Waals surface area contributed by atoms with Gasteiger partial charge in [0.2, 0.25) is 10.0 Å². The number of nitrogens with zero attached hydrogens (tertiary/aromatic N) is 2. The van der Waals surface area contributed by atoms with Crippen LogP contribution < -0.4 is 0 Å². The number of carbonyl (C=O) groups is 1. The molecule has 0 bridgehead atoms. The molecule has 0 fully saturated rings. The molecule has 0 atom stereocenters. The van der Waals surface area contributed by atoms with Crippen molar-refractivity contribution >= 4 is 31.9 Å². The van der Waals surface area contributed by atoms with Crippen LogP contribution in [-0.2, 0) is 19.6 Å². The van der Waals surface area contributed by atoms with E-state index in [9.17, 15) is 13.2 Å². The number of carboxylic acids is 1. The van der Waals surface area contributed by atoms with Crippen molar-refractivity contribution in [2.45, 2.75) is 4.90 Å². The van der Waals surface area contributed by atoms with Crippen LogP contribution in [0.1, 0.15) is 0 Å². The fourth-order valence-electron chi connectivity index (χ4n) is 1.31. The molecule has 1 aromatic heterocycles. The van der Waals surface area contributed by atoms with Crippen molar-refractivity contribution in [3.63, 3.8) is 0 Å². The van der Waals surface area contributed by atoms with Gasteiger partial charge in [0.25, 0.3) is 0 Å². The Morgan fingerprint density at radius 1 is 1.53 bits per heavy atom. The highest BCUT2D eigenvalue weighted by atomic mass is 79.9. The van der Waals surface area contributed by atoms with Gasteiger partial charge in [0.1, 0.15) is 11.4 Å². The Kier molecular flexibility index (Phi) is 5.85. The number of pyridine rings is 1. The number of methoxy groups -OCH3 is 1. The maximum absolute atomic E-state index is 12.3. The van der Waals surface area contributed by atoms with E-state index in [2.05, 4.69) is 20.9 Å². The van der Waals surface area contributed by atoms with Crippen LogP contribution in [0.5, 0.6) is 0 Å². The summed E-state index contributed by atoms with van der Waals surface area (Å²) in [6, 6.07) is 1.37. The van der Waals surface area contributed by atoms with E-state index in [1.165, 1.54) is 25.6 Å². The van der Waals surface area contributed by atoms with E-state index >= 15 is 0 Å². The van der Waals surface area contributed by atoms with Crippen molar-refractivity contribution in [2.75, 3.05) is 26.8 Å². The van der Waals surface area contributed by atoms with Gasteiger partial charge in [-0.15, -0.1) is 0 Å². The van der Waals surface area contributed by atoms with Crippen molar-refractivity contribution < 1.29 is 23.1 Å². The Bertz CT molecular complexity index is 549. The van der Waals surface area contributed by atoms with Crippen LogP contribution in [0.25, 0.3) is 0 Å². The van der Waals surface area contributed by atoms with E-state index in [-0.39, 0.29) is 18.0 Å². The maximum atomic E-state index is 12.3. The van der Waals surface area contributed by atoms with Gasteiger partial charge >= 0.3 is 5.97 Å². The average molecular weight is 353 g/mol.